The quantitative estimate of drug-likeness (QED) is 0.751. The minimum atomic E-state index is -0.937. The summed E-state index contributed by atoms with van der Waals surface area (Å²) < 4.78 is 5.71. The van der Waals surface area contributed by atoms with Crippen LogP contribution in [0.3, 0.4) is 0 Å². The smallest absolute Gasteiger partial charge is 0.325 e. The molecule has 27 heavy (non-hydrogen) atoms. The summed E-state index contributed by atoms with van der Waals surface area (Å²) in [4.78, 5) is 26.5. The van der Waals surface area contributed by atoms with Crippen molar-refractivity contribution in [2.24, 2.45) is 5.92 Å². The van der Waals surface area contributed by atoms with Crippen LogP contribution in [0.15, 0.2) is 18.2 Å². The normalized spacial score (nSPS) is 24.8. The van der Waals surface area contributed by atoms with E-state index >= 15 is 0 Å². The number of imide groups is 1. The van der Waals surface area contributed by atoms with Gasteiger partial charge in [0.1, 0.15) is 24.0 Å². The Labute approximate surface area is 160 Å². The average Bonchev–Trinajstić information content (AvgIpc) is 2.87. The summed E-state index contributed by atoms with van der Waals surface area (Å²) in [7, 11) is 0. The first-order valence-corrected chi connectivity index (χ1v) is 9.83. The van der Waals surface area contributed by atoms with Crippen molar-refractivity contribution in [1.82, 2.24) is 10.2 Å². The highest BCUT2D eigenvalue weighted by Crippen LogP contribution is 2.36. The van der Waals surface area contributed by atoms with Gasteiger partial charge in [-0.1, -0.05) is 31.4 Å². The predicted molar refractivity (Wildman–Crippen MR) is 103 cm³/mol. The average molecular weight is 374 g/mol. The number of aliphatic hydroxyl groups excluding tert-OH is 1. The second-order valence-corrected chi connectivity index (χ2v) is 8.12. The van der Waals surface area contributed by atoms with Crippen LogP contribution in [-0.2, 0) is 4.79 Å². The largest absolute Gasteiger partial charge is 0.491 e. The van der Waals surface area contributed by atoms with E-state index in [2.05, 4.69) is 5.32 Å². The second-order valence-electron chi connectivity index (χ2n) is 8.12. The van der Waals surface area contributed by atoms with Gasteiger partial charge in [0.25, 0.3) is 5.91 Å². The summed E-state index contributed by atoms with van der Waals surface area (Å²) in [6.45, 7) is 5.71. The maximum atomic E-state index is 12.9. The number of rotatable bonds is 6. The summed E-state index contributed by atoms with van der Waals surface area (Å²) in [5.41, 5.74) is 1.20. The number of hydrogen-bond acceptors (Lipinski definition) is 4. The van der Waals surface area contributed by atoms with Crippen LogP contribution in [0.1, 0.15) is 50.2 Å². The zero-order chi connectivity index (χ0) is 19.6. The minimum absolute atomic E-state index is 0.0293. The molecule has 2 atom stereocenters. The Kier molecular flexibility index (Phi) is 5.75. The molecular weight excluding hydrogens is 344 g/mol. The van der Waals surface area contributed by atoms with Crippen LogP contribution in [0, 0.1) is 19.8 Å². The number of amides is 3. The third kappa shape index (κ3) is 4.10. The fraction of sp³-hybridized carbons (Fsp3) is 0.619. The van der Waals surface area contributed by atoms with Crippen molar-refractivity contribution < 1.29 is 19.4 Å². The molecule has 1 saturated heterocycles. The third-order valence-electron chi connectivity index (χ3n) is 5.89. The Morgan fingerprint density at radius 3 is 2.67 bits per heavy atom. The minimum Gasteiger partial charge on any atom is -0.491 e. The van der Waals surface area contributed by atoms with E-state index in [0.717, 1.165) is 41.7 Å². The van der Waals surface area contributed by atoms with E-state index < -0.39 is 17.7 Å². The zero-order valence-corrected chi connectivity index (χ0v) is 16.5. The molecule has 6 heteroatoms. The number of aryl methyl sites for hydroxylation is 2. The molecule has 1 aliphatic heterocycles. The van der Waals surface area contributed by atoms with Gasteiger partial charge in [-0.05, 0) is 56.7 Å². The van der Waals surface area contributed by atoms with E-state index in [9.17, 15) is 14.7 Å². The highest BCUT2D eigenvalue weighted by Gasteiger charge is 2.52. The van der Waals surface area contributed by atoms with Gasteiger partial charge < -0.3 is 15.2 Å². The van der Waals surface area contributed by atoms with Crippen LogP contribution in [0.4, 0.5) is 4.79 Å². The second kappa shape index (κ2) is 7.89. The molecule has 1 saturated carbocycles. The van der Waals surface area contributed by atoms with Gasteiger partial charge in [0.05, 0.1) is 6.54 Å². The first-order chi connectivity index (χ1) is 12.8. The van der Waals surface area contributed by atoms with Gasteiger partial charge in [0.2, 0.25) is 0 Å². The summed E-state index contributed by atoms with van der Waals surface area (Å²) in [5, 5.41) is 13.2. The summed E-state index contributed by atoms with van der Waals surface area (Å²) in [5.74, 6) is 0.638. The molecular formula is C21H30N2O4. The molecule has 0 unspecified atom stereocenters. The Morgan fingerprint density at radius 1 is 1.26 bits per heavy atom. The van der Waals surface area contributed by atoms with Crippen LogP contribution in [0.25, 0.3) is 0 Å². The molecule has 3 rings (SSSR count). The number of ether oxygens (including phenoxy) is 1. The standard InChI is InChI=1S/C21H30N2O4/c1-14-9-10-15(2)18(11-14)27-13-17(24)12-23-19(25)21(3,22-20(23)26)16-7-5-4-6-8-16/h9-11,16-17,24H,4-8,12-13H2,1-3H3,(H,22,26)/t17-,21-/m0/s1. The lowest BCUT2D eigenvalue weighted by atomic mass is 9.75. The molecule has 0 radical (unpaired) electrons. The molecule has 0 spiro atoms. The summed E-state index contributed by atoms with van der Waals surface area (Å²) in [6.07, 6.45) is 4.34. The number of aliphatic hydroxyl groups is 1. The Morgan fingerprint density at radius 2 is 1.96 bits per heavy atom. The van der Waals surface area contributed by atoms with Gasteiger partial charge in [0, 0.05) is 0 Å². The van der Waals surface area contributed by atoms with Gasteiger partial charge >= 0.3 is 6.03 Å². The van der Waals surface area contributed by atoms with Crippen molar-refractivity contribution in [3.05, 3.63) is 29.3 Å². The molecule has 2 N–H and O–H groups in total. The Hall–Kier alpha value is -2.08. The molecule has 0 aromatic heterocycles. The predicted octanol–water partition coefficient (Wildman–Crippen LogP) is 2.93. The van der Waals surface area contributed by atoms with Crippen molar-refractivity contribution >= 4 is 11.9 Å². The Balaban J connectivity index is 1.60. The maximum absolute atomic E-state index is 12.9. The highest BCUT2D eigenvalue weighted by atomic mass is 16.5. The summed E-state index contributed by atoms with van der Waals surface area (Å²) >= 11 is 0. The van der Waals surface area contributed by atoms with Crippen molar-refractivity contribution in [1.29, 1.82) is 0 Å². The fourth-order valence-corrected chi connectivity index (χ4v) is 4.15. The van der Waals surface area contributed by atoms with E-state index in [4.69, 9.17) is 4.74 Å². The lowest BCUT2D eigenvalue weighted by Gasteiger charge is -2.34. The van der Waals surface area contributed by atoms with E-state index in [0.29, 0.717) is 5.75 Å². The van der Waals surface area contributed by atoms with Gasteiger partial charge in [0.15, 0.2) is 0 Å². The van der Waals surface area contributed by atoms with Gasteiger partial charge in [-0.3, -0.25) is 9.69 Å². The number of nitrogens with zero attached hydrogens (tertiary/aromatic N) is 1. The zero-order valence-electron chi connectivity index (χ0n) is 16.5. The van der Waals surface area contributed by atoms with Crippen LogP contribution in [0.2, 0.25) is 0 Å². The number of hydrogen-bond donors (Lipinski definition) is 2. The monoisotopic (exact) mass is 374 g/mol. The van der Waals surface area contributed by atoms with Crippen LogP contribution in [0.5, 0.6) is 5.75 Å². The van der Waals surface area contributed by atoms with Crippen LogP contribution in [-0.4, -0.2) is 46.7 Å². The molecule has 3 amide bonds. The van der Waals surface area contributed by atoms with Crippen molar-refractivity contribution in [2.75, 3.05) is 13.2 Å². The van der Waals surface area contributed by atoms with Gasteiger partial charge in [-0.25, -0.2) is 4.79 Å². The number of nitrogens with one attached hydrogen (secondary N) is 1. The molecule has 0 bridgehead atoms. The highest BCUT2D eigenvalue weighted by molar-refractivity contribution is 6.07. The van der Waals surface area contributed by atoms with E-state index in [1.165, 1.54) is 6.42 Å². The molecule has 6 nitrogen and oxygen atoms in total. The lowest BCUT2D eigenvalue weighted by molar-refractivity contribution is -0.134. The maximum Gasteiger partial charge on any atom is 0.325 e. The van der Waals surface area contributed by atoms with Gasteiger partial charge in [-0.15, -0.1) is 0 Å². The number of β-amino-alcohol motifs (C(OH)–C–C–N with tert-alkyl or cyclic N) is 1. The Bertz CT molecular complexity index is 714. The molecule has 2 aliphatic rings. The number of benzene rings is 1. The van der Waals surface area contributed by atoms with E-state index in [1.807, 2.05) is 39.0 Å². The molecule has 2 fully saturated rings. The summed E-state index contributed by atoms with van der Waals surface area (Å²) in [6, 6.07) is 5.46. The van der Waals surface area contributed by atoms with Crippen molar-refractivity contribution in [2.45, 2.75) is 64.5 Å². The van der Waals surface area contributed by atoms with Crippen molar-refractivity contribution in [3.63, 3.8) is 0 Å². The molecule has 1 aromatic carbocycles. The van der Waals surface area contributed by atoms with Crippen LogP contribution >= 0.6 is 0 Å². The molecule has 1 heterocycles. The van der Waals surface area contributed by atoms with E-state index in [1.54, 1.807) is 0 Å². The molecule has 148 valence electrons. The van der Waals surface area contributed by atoms with Crippen LogP contribution < -0.4 is 10.1 Å². The first-order valence-electron chi connectivity index (χ1n) is 9.83. The first kappa shape index (κ1) is 19.7. The fourth-order valence-electron chi connectivity index (χ4n) is 4.15. The van der Waals surface area contributed by atoms with Gasteiger partial charge in [-0.2, -0.15) is 0 Å². The SMILES string of the molecule is Cc1ccc(C)c(OC[C@@H](O)CN2C(=O)N[C@@](C)(C3CCCCC3)C2=O)c1. The number of urea groups is 1. The molecule has 1 aliphatic carbocycles. The van der Waals surface area contributed by atoms with Crippen molar-refractivity contribution in [3.8, 4) is 5.75 Å². The lowest BCUT2D eigenvalue weighted by Crippen LogP contribution is -2.51. The molecule has 1 aromatic rings. The topological polar surface area (TPSA) is 78.9 Å². The number of carbonyl (C=O) groups excluding carboxylic acids is 2. The number of carbonyl (C=O) groups is 2. The third-order valence-corrected chi connectivity index (χ3v) is 5.89. The van der Waals surface area contributed by atoms with E-state index in [-0.39, 0.29) is 25.0 Å².